The van der Waals surface area contributed by atoms with E-state index in [0.717, 1.165) is 15.4 Å². The van der Waals surface area contributed by atoms with Crippen molar-refractivity contribution in [3.63, 3.8) is 0 Å². The Balaban J connectivity index is 1.88. The van der Waals surface area contributed by atoms with E-state index in [1.54, 1.807) is 18.2 Å². The molecule has 0 aliphatic rings. The molecule has 3 rings (SSSR count). The molecule has 0 fully saturated rings. The molecule has 0 atom stereocenters. The van der Waals surface area contributed by atoms with Crippen LogP contribution in [0.1, 0.15) is 11.1 Å². The van der Waals surface area contributed by atoms with Gasteiger partial charge in [0.1, 0.15) is 6.54 Å². The van der Waals surface area contributed by atoms with Gasteiger partial charge >= 0.3 is 0 Å². The summed E-state index contributed by atoms with van der Waals surface area (Å²) in [5, 5.41) is 3.31. The summed E-state index contributed by atoms with van der Waals surface area (Å²) in [6.45, 7) is 1.83. The number of carbonyl (C=O) groups excluding carboxylic acids is 1. The molecule has 0 aliphatic carbocycles. The third-order valence-electron chi connectivity index (χ3n) is 4.33. The van der Waals surface area contributed by atoms with Gasteiger partial charge in [0.05, 0.1) is 10.6 Å². The number of carbonyl (C=O) groups is 1. The van der Waals surface area contributed by atoms with E-state index in [9.17, 15) is 13.2 Å². The molecule has 0 spiro atoms. The molecule has 1 N–H and O–H groups in total. The summed E-state index contributed by atoms with van der Waals surface area (Å²) >= 11 is 12.2. The third kappa shape index (κ3) is 5.53. The van der Waals surface area contributed by atoms with Crippen LogP contribution in [0.25, 0.3) is 0 Å². The van der Waals surface area contributed by atoms with Crippen LogP contribution >= 0.6 is 23.2 Å². The van der Waals surface area contributed by atoms with Crippen LogP contribution in [-0.2, 0) is 21.4 Å². The molecule has 3 aromatic carbocycles. The maximum atomic E-state index is 13.3. The number of aryl methyl sites for hydroxylation is 1. The number of rotatable bonds is 7. The van der Waals surface area contributed by atoms with Crippen LogP contribution < -0.4 is 9.62 Å². The van der Waals surface area contributed by atoms with Crippen molar-refractivity contribution in [1.82, 2.24) is 5.32 Å². The molecule has 0 radical (unpaired) electrons. The fraction of sp³-hybridized carbons (Fsp3) is 0.136. The highest BCUT2D eigenvalue weighted by molar-refractivity contribution is 7.92. The number of benzene rings is 3. The normalized spacial score (nSPS) is 11.2. The fourth-order valence-corrected chi connectivity index (χ4v) is 4.87. The molecule has 3 aromatic rings. The van der Waals surface area contributed by atoms with Gasteiger partial charge in [-0.2, -0.15) is 0 Å². The topological polar surface area (TPSA) is 66.5 Å². The summed E-state index contributed by atoms with van der Waals surface area (Å²) in [5.41, 5.74) is 2.21. The van der Waals surface area contributed by atoms with Crippen LogP contribution in [-0.4, -0.2) is 20.9 Å². The van der Waals surface area contributed by atoms with Crippen molar-refractivity contribution in [3.05, 3.63) is 94.0 Å². The summed E-state index contributed by atoms with van der Waals surface area (Å²) in [6, 6.07) is 20.0. The number of hydrogen-bond donors (Lipinski definition) is 1. The largest absolute Gasteiger partial charge is 0.350 e. The van der Waals surface area contributed by atoms with E-state index < -0.39 is 22.5 Å². The third-order valence-corrected chi connectivity index (χ3v) is 6.55. The van der Waals surface area contributed by atoms with Crippen molar-refractivity contribution < 1.29 is 13.2 Å². The van der Waals surface area contributed by atoms with Gasteiger partial charge < -0.3 is 5.32 Å². The molecule has 30 heavy (non-hydrogen) atoms. The molecule has 8 heteroatoms. The number of halogens is 2. The van der Waals surface area contributed by atoms with E-state index in [1.165, 1.54) is 30.3 Å². The quantitative estimate of drug-likeness (QED) is 0.547. The standard InChI is InChI=1S/C22H20Cl2N2O3S/c1-16-6-5-7-17(10-16)14-25-22(27)15-26(20-12-18(23)11-19(24)13-20)30(28,29)21-8-3-2-4-9-21/h2-13H,14-15H2,1H3,(H,25,27). The maximum Gasteiger partial charge on any atom is 0.264 e. The maximum absolute atomic E-state index is 13.3. The lowest BCUT2D eigenvalue weighted by molar-refractivity contribution is -0.119. The summed E-state index contributed by atoms with van der Waals surface area (Å²) in [7, 11) is -4.02. The summed E-state index contributed by atoms with van der Waals surface area (Å²) in [5.74, 6) is -0.452. The van der Waals surface area contributed by atoms with Gasteiger partial charge in [-0.1, -0.05) is 71.2 Å². The molecule has 156 valence electrons. The van der Waals surface area contributed by atoms with E-state index in [2.05, 4.69) is 5.32 Å². The number of hydrogen-bond acceptors (Lipinski definition) is 3. The number of sulfonamides is 1. The van der Waals surface area contributed by atoms with E-state index in [4.69, 9.17) is 23.2 Å². The van der Waals surface area contributed by atoms with Crippen LogP contribution in [0.3, 0.4) is 0 Å². The zero-order valence-electron chi connectivity index (χ0n) is 16.2. The van der Waals surface area contributed by atoms with Crippen molar-refractivity contribution in [1.29, 1.82) is 0 Å². The van der Waals surface area contributed by atoms with Gasteiger partial charge in [0.25, 0.3) is 10.0 Å². The van der Waals surface area contributed by atoms with Gasteiger partial charge in [-0.05, 0) is 42.8 Å². The molecule has 0 aromatic heterocycles. The molecule has 0 heterocycles. The minimum atomic E-state index is -4.02. The average molecular weight is 463 g/mol. The fourth-order valence-electron chi connectivity index (χ4n) is 2.93. The molecule has 5 nitrogen and oxygen atoms in total. The molecular weight excluding hydrogens is 443 g/mol. The van der Waals surface area contributed by atoms with Gasteiger partial charge in [0.15, 0.2) is 0 Å². The van der Waals surface area contributed by atoms with Gasteiger partial charge in [0.2, 0.25) is 5.91 Å². The van der Waals surface area contributed by atoms with Crippen molar-refractivity contribution in [2.75, 3.05) is 10.8 Å². The predicted molar refractivity (Wildman–Crippen MR) is 120 cm³/mol. The Morgan fingerprint density at radius 1 is 0.933 bits per heavy atom. The molecule has 0 aliphatic heterocycles. The Morgan fingerprint density at radius 3 is 2.23 bits per heavy atom. The highest BCUT2D eigenvalue weighted by Gasteiger charge is 2.27. The first-order valence-corrected chi connectivity index (χ1v) is 11.3. The number of nitrogens with zero attached hydrogens (tertiary/aromatic N) is 1. The predicted octanol–water partition coefficient (Wildman–Crippen LogP) is 4.81. The van der Waals surface area contributed by atoms with Crippen molar-refractivity contribution in [2.45, 2.75) is 18.4 Å². The Labute approximate surface area is 186 Å². The second-order valence-electron chi connectivity index (χ2n) is 6.72. The molecule has 1 amide bonds. The smallest absolute Gasteiger partial charge is 0.264 e. The summed E-state index contributed by atoms with van der Waals surface area (Å²) < 4.78 is 27.5. The highest BCUT2D eigenvalue weighted by Crippen LogP contribution is 2.29. The SMILES string of the molecule is Cc1cccc(CNC(=O)CN(c2cc(Cl)cc(Cl)c2)S(=O)(=O)c2ccccc2)c1. The molecule has 0 saturated carbocycles. The Kier molecular flexibility index (Phi) is 7.02. The second kappa shape index (κ2) is 9.51. The zero-order chi connectivity index (χ0) is 21.7. The minimum Gasteiger partial charge on any atom is -0.350 e. The minimum absolute atomic E-state index is 0.0626. The summed E-state index contributed by atoms with van der Waals surface area (Å²) in [4.78, 5) is 12.7. The Hall–Kier alpha value is -2.54. The lowest BCUT2D eigenvalue weighted by Gasteiger charge is -2.24. The lowest BCUT2D eigenvalue weighted by atomic mass is 10.1. The van der Waals surface area contributed by atoms with Crippen LogP contribution in [0.2, 0.25) is 10.0 Å². The van der Waals surface area contributed by atoms with Gasteiger partial charge in [-0.3, -0.25) is 9.10 Å². The Bertz CT molecular complexity index is 1130. The average Bonchev–Trinajstić information content (AvgIpc) is 2.70. The van der Waals surface area contributed by atoms with Gasteiger partial charge in [-0.25, -0.2) is 8.42 Å². The first-order chi connectivity index (χ1) is 14.3. The molecule has 0 saturated heterocycles. The van der Waals surface area contributed by atoms with Crippen LogP contribution in [0.15, 0.2) is 77.7 Å². The second-order valence-corrected chi connectivity index (χ2v) is 9.45. The van der Waals surface area contributed by atoms with Crippen LogP contribution in [0.5, 0.6) is 0 Å². The molecule has 0 unspecified atom stereocenters. The lowest BCUT2D eigenvalue weighted by Crippen LogP contribution is -2.40. The van der Waals surface area contributed by atoms with E-state index in [-0.39, 0.29) is 27.2 Å². The van der Waals surface area contributed by atoms with Crippen LogP contribution in [0.4, 0.5) is 5.69 Å². The monoisotopic (exact) mass is 462 g/mol. The van der Waals surface area contributed by atoms with Gasteiger partial charge in [0, 0.05) is 16.6 Å². The number of anilines is 1. The first-order valence-electron chi connectivity index (χ1n) is 9.12. The molecule has 0 bridgehead atoms. The molecular formula is C22H20Cl2N2O3S. The first kappa shape index (κ1) is 22.2. The van der Waals surface area contributed by atoms with Crippen molar-refractivity contribution in [2.24, 2.45) is 0 Å². The van der Waals surface area contributed by atoms with Gasteiger partial charge in [-0.15, -0.1) is 0 Å². The number of amides is 1. The Morgan fingerprint density at radius 2 is 1.60 bits per heavy atom. The van der Waals surface area contributed by atoms with Crippen LogP contribution in [0, 0.1) is 6.92 Å². The van der Waals surface area contributed by atoms with E-state index >= 15 is 0 Å². The highest BCUT2D eigenvalue weighted by atomic mass is 35.5. The number of nitrogens with one attached hydrogen (secondary N) is 1. The summed E-state index contributed by atoms with van der Waals surface area (Å²) in [6.07, 6.45) is 0. The van der Waals surface area contributed by atoms with Crippen molar-refractivity contribution >= 4 is 44.8 Å². The van der Waals surface area contributed by atoms with E-state index in [0.29, 0.717) is 0 Å². The van der Waals surface area contributed by atoms with E-state index in [1.807, 2.05) is 31.2 Å². The zero-order valence-corrected chi connectivity index (χ0v) is 18.5. The van der Waals surface area contributed by atoms with Crippen molar-refractivity contribution in [3.8, 4) is 0 Å².